The fraction of sp³-hybridized carbons (Fsp3) is 0.375. The molecule has 0 amide bonds. The van der Waals surface area contributed by atoms with Gasteiger partial charge in [-0.1, -0.05) is 28.1 Å². The van der Waals surface area contributed by atoms with E-state index in [4.69, 9.17) is 5.11 Å². The third-order valence-corrected chi connectivity index (χ3v) is 4.46. The van der Waals surface area contributed by atoms with Gasteiger partial charge in [0, 0.05) is 29.1 Å². The maximum Gasteiger partial charge on any atom is 0.317 e. The number of hydrogen-bond acceptors (Lipinski definition) is 3. The fourth-order valence-corrected chi connectivity index (χ4v) is 3.06. The minimum atomic E-state index is -0.773. The van der Waals surface area contributed by atoms with Gasteiger partial charge < -0.3 is 5.11 Å². The van der Waals surface area contributed by atoms with Crippen molar-refractivity contribution >= 4 is 32.8 Å². The van der Waals surface area contributed by atoms with Gasteiger partial charge >= 0.3 is 5.97 Å². The molecule has 1 aromatic carbocycles. The Balaban J connectivity index is 1.87. The highest BCUT2D eigenvalue weighted by molar-refractivity contribution is 9.10. The summed E-state index contributed by atoms with van der Waals surface area (Å²) < 4.78 is 1.02. The summed E-state index contributed by atoms with van der Waals surface area (Å²) in [6.45, 7) is 1.57. The molecule has 0 atom stereocenters. The summed E-state index contributed by atoms with van der Waals surface area (Å²) >= 11 is 3.54. The average Bonchev–Trinajstić information content (AvgIpc) is 3.25. The van der Waals surface area contributed by atoms with Crippen LogP contribution in [0.2, 0.25) is 0 Å². The Morgan fingerprint density at radius 2 is 2.19 bits per heavy atom. The predicted molar refractivity (Wildman–Crippen MR) is 85.1 cm³/mol. The second-order valence-corrected chi connectivity index (χ2v) is 6.47. The first-order valence-corrected chi connectivity index (χ1v) is 7.89. The van der Waals surface area contributed by atoms with Gasteiger partial charge in [0.2, 0.25) is 0 Å². The first kappa shape index (κ1) is 14.5. The van der Waals surface area contributed by atoms with E-state index >= 15 is 0 Å². The molecule has 1 saturated carbocycles. The van der Waals surface area contributed by atoms with Crippen LogP contribution in [-0.4, -0.2) is 34.0 Å². The molecule has 1 aromatic heterocycles. The zero-order chi connectivity index (χ0) is 14.8. The largest absolute Gasteiger partial charge is 0.480 e. The van der Waals surface area contributed by atoms with Crippen molar-refractivity contribution in [1.82, 2.24) is 9.88 Å². The van der Waals surface area contributed by atoms with Crippen molar-refractivity contribution in [2.75, 3.05) is 13.1 Å². The number of aromatic nitrogens is 1. The highest BCUT2D eigenvalue weighted by Gasteiger charge is 2.25. The van der Waals surface area contributed by atoms with Crippen LogP contribution in [-0.2, 0) is 11.3 Å². The van der Waals surface area contributed by atoms with Crippen molar-refractivity contribution < 1.29 is 9.90 Å². The van der Waals surface area contributed by atoms with E-state index in [0.29, 0.717) is 12.5 Å². The Hall–Kier alpha value is -1.46. The van der Waals surface area contributed by atoms with E-state index in [1.165, 1.54) is 12.8 Å². The molecule has 1 fully saturated rings. The number of carbonyl (C=O) groups is 1. The first-order valence-electron chi connectivity index (χ1n) is 7.10. The zero-order valence-corrected chi connectivity index (χ0v) is 13.2. The van der Waals surface area contributed by atoms with Gasteiger partial charge in [0.15, 0.2) is 0 Å². The molecule has 5 heteroatoms. The second-order valence-electron chi connectivity index (χ2n) is 5.61. The highest BCUT2D eigenvalue weighted by atomic mass is 79.9. The number of benzene rings is 1. The normalized spacial score (nSPS) is 14.8. The zero-order valence-electron chi connectivity index (χ0n) is 11.6. The van der Waals surface area contributed by atoms with Crippen LogP contribution in [0.4, 0.5) is 0 Å². The van der Waals surface area contributed by atoms with E-state index in [0.717, 1.165) is 27.5 Å². The van der Waals surface area contributed by atoms with E-state index in [-0.39, 0.29) is 6.54 Å². The van der Waals surface area contributed by atoms with Gasteiger partial charge in [0.25, 0.3) is 0 Å². The molecule has 3 rings (SSSR count). The number of pyridine rings is 1. The van der Waals surface area contributed by atoms with E-state index in [1.54, 1.807) is 6.20 Å². The molecule has 0 bridgehead atoms. The predicted octanol–water partition coefficient (Wildman–Crippen LogP) is 3.29. The molecule has 110 valence electrons. The standard InChI is InChI=1S/C16H17BrN2O2/c17-14-6-5-12(16-13(14)2-1-7-18-16)9-19(10-15(20)21)8-11-3-4-11/h1-2,5-7,11H,3-4,8-10H2,(H,20,21). The maximum atomic E-state index is 11.1. The maximum absolute atomic E-state index is 11.1. The number of rotatable bonds is 6. The molecule has 0 radical (unpaired) electrons. The number of hydrogen-bond donors (Lipinski definition) is 1. The number of nitrogens with zero attached hydrogens (tertiary/aromatic N) is 2. The summed E-state index contributed by atoms with van der Waals surface area (Å²) in [4.78, 5) is 17.5. The van der Waals surface area contributed by atoms with E-state index in [1.807, 2.05) is 29.2 Å². The molecule has 21 heavy (non-hydrogen) atoms. The van der Waals surface area contributed by atoms with Crippen LogP contribution in [0.1, 0.15) is 18.4 Å². The van der Waals surface area contributed by atoms with Crippen LogP contribution in [0.5, 0.6) is 0 Å². The summed E-state index contributed by atoms with van der Waals surface area (Å²) in [5.41, 5.74) is 2.02. The molecular formula is C16H17BrN2O2. The smallest absolute Gasteiger partial charge is 0.317 e. The molecule has 1 heterocycles. The van der Waals surface area contributed by atoms with Gasteiger partial charge in [0.05, 0.1) is 12.1 Å². The third-order valence-electron chi connectivity index (χ3n) is 3.77. The molecule has 0 spiro atoms. The van der Waals surface area contributed by atoms with Crippen LogP contribution in [0.3, 0.4) is 0 Å². The molecule has 1 aliphatic rings. The quantitative estimate of drug-likeness (QED) is 0.870. The molecular weight excluding hydrogens is 332 g/mol. The number of carboxylic acid groups (broad SMARTS) is 1. The third kappa shape index (κ3) is 3.60. The molecule has 2 aromatic rings. The molecule has 0 saturated heterocycles. The number of fused-ring (bicyclic) bond motifs is 1. The molecule has 0 aliphatic heterocycles. The molecule has 0 unspecified atom stereocenters. The van der Waals surface area contributed by atoms with Crippen molar-refractivity contribution in [3.8, 4) is 0 Å². The van der Waals surface area contributed by atoms with Crippen molar-refractivity contribution in [2.45, 2.75) is 19.4 Å². The lowest BCUT2D eigenvalue weighted by molar-refractivity contribution is -0.138. The van der Waals surface area contributed by atoms with E-state index < -0.39 is 5.97 Å². The molecule has 1 aliphatic carbocycles. The van der Waals surface area contributed by atoms with Crippen LogP contribution < -0.4 is 0 Å². The summed E-state index contributed by atoms with van der Waals surface area (Å²) in [6, 6.07) is 7.98. The lowest BCUT2D eigenvalue weighted by atomic mass is 10.1. The Bertz CT molecular complexity index is 670. The number of carboxylic acids is 1. The molecule has 1 N–H and O–H groups in total. The van der Waals surface area contributed by atoms with Gasteiger partial charge in [0.1, 0.15) is 0 Å². The fourth-order valence-electron chi connectivity index (χ4n) is 2.61. The summed E-state index contributed by atoms with van der Waals surface area (Å²) in [6.07, 6.45) is 4.21. The Morgan fingerprint density at radius 3 is 2.90 bits per heavy atom. The minimum absolute atomic E-state index is 0.0842. The van der Waals surface area contributed by atoms with Crippen LogP contribution >= 0.6 is 15.9 Å². The van der Waals surface area contributed by atoms with Gasteiger partial charge in [-0.05, 0) is 36.5 Å². The summed E-state index contributed by atoms with van der Waals surface area (Å²) in [7, 11) is 0. The SMILES string of the molecule is O=C(O)CN(Cc1ccc(Br)c2cccnc12)CC1CC1. The Labute approximate surface area is 131 Å². The second kappa shape index (κ2) is 6.12. The van der Waals surface area contributed by atoms with Crippen molar-refractivity contribution in [3.05, 3.63) is 40.5 Å². The Morgan fingerprint density at radius 1 is 1.38 bits per heavy atom. The first-order chi connectivity index (χ1) is 10.1. The van der Waals surface area contributed by atoms with Crippen LogP contribution in [0.25, 0.3) is 10.9 Å². The van der Waals surface area contributed by atoms with E-state index in [9.17, 15) is 4.79 Å². The monoisotopic (exact) mass is 348 g/mol. The summed E-state index contributed by atoms with van der Waals surface area (Å²) in [5.74, 6) is -0.107. The van der Waals surface area contributed by atoms with Gasteiger partial charge in [-0.3, -0.25) is 14.7 Å². The molecule has 4 nitrogen and oxygen atoms in total. The van der Waals surface area contributed by atoms with Gasteiger partial charge in [-0.2, -0.15) is 0 Å². The number of aliphatic carboxylic acids is 1. The van der Waals surface area contributed by atoms with Crippen LogP contribution in [0.15, 0.2) is 34.9 Å². The summed E-state index contributed by atoms with van der Waals surface area (Å²) in [5, 5.41) is 10.2. The van der Waals surface area contributed by atoms with Crippen LogP contribution in [0, 0.1) is 5.92 Å². The average molecular weight is 349 g/mol. The lowest BCUT2D eigenvalue weighted by Crippen LogP contribution is -2.31. The van der Waals surface area contributed by atoms with Crippen molar-refractivity contribution in [2.24, 2.45) is 5.92 Å². The number of halogens is 1. The van der Waals surface area contributed by atoms with Gasteiger partial charge in [-0.15, -0.1) is 0 Å². The van der Waals surface area contributed by atoms with E-state index in [2.05, 4.69) is 20.9 Å². The highest BCUT2D eigenvalue weighted by Crippen LogP contribution is 2.31. The van der Waals surface area contributed by atoms with Crippen molar-refractivity contribution in [1.29, 1.82) is 0 Å². The van der Waals surface area contributed by atoms with Crippen molar-refractivity contribution in [3.63, 3.8) is 0 Å². The minimum Gasteiger partial charge on any atom is -0.480 e. The van der Waals surface area contributed by atoms with Gasteiger partial charge in [-0.25, -0.2) is 0 Å². The lowest BCUT2D eigenvalue weighted by Gasteiger charge is -2.21. The Kier molecular flexibility index (Phi) is 4.22. The topological polar surface area (TPSA) is 53.4 Å².